The Morgan fingerprint density at radius 3 is 2.59 bits per heavy atom. The van der Waals surface area contributed by atoms with Gasteiger partial charge in [-0.05, 0) is 30.3 Å². The first-order valence-electron chi connectivity index (χ1n) is 8.30. The van der Waals surface area contributed by atoms with E-state index in [2.05, 4.69) is 15.3 Å². The summed E-state index contributed by atoms with van der Waals surface area (Å²) >= 11 is 0. The molecule has 1 aliphatic rings. The quantitative estimate of drug-likeness (QED) is 0.762. The van der Waals surface area contributed by atoms with Crippen LogP contribution < -0.4 is 11.1 Å². The van der Waals surface area contributed by atoms with Crippen molar-refractivity contribution in [3.8, 4) is 0 Å². The Labute approximate surface area is 162 Å². The number of pyridine rings is 1. The Morgan fingerprint density at radius 1 is 1.28 bits per heavy atom. The molecule has 0 bridgehead atoms. The van der Waals surface area contributed by atoms with Crippen molar-refractivity contribution >= 4 is 23.5 Å². The number of benzene rings is 1. The molecule has 0 saturated heterocycles. The number of guanidine groups is 1. The lowest BCUT2D eigenvalue weighted by Crippen LogP contribution is -2.42. The van der Waals surface area contributed by atoms with Crippen molar-refractivity contribution in [1.29, 1.82) is 0 Å². The van der Waals surface area contributed by atoms with Gasteiger partial charge in [-0.3, -0.25) is 19.5 Å². The maximum atomic E-state index is 14.3. The highest BCUT2D eigenvalue weighted by molar-refractivity contribution is 6.03. The Bertz CT molecular complexity index is 989. The minimum absolute atomic E-state index is 0.0487. The molecule has 2 heterocycles. The number of rotatable bonds is 3. The van der Waals surface area contributed by atoms with E-state index in [1.54, 1.807) is 0 Å². The number of aliphatic imine (C=N–C) groups is 1. The second-order valence-corrected chi connectivity index (χ2v) is 6.28. The monoisotopic (exact) mass is 409 g/mol. The SMILES string of the molecule is CN1C(=O)CC(c2cc(NC(=O)c3ccc(C(F)(F)F)cn3)ccc2F)N=C1N. The Kier molecular flexibility index (Phi) is 5.23. The first-order chi connectivity index (χ1) is 13.6. The number of nitrogens with one attached hydrogen (secondary N) is 1. The van der Waals surface area contributed by atoms with Gasteiger partial charge in [0.15, 0.2) is 5.96 Å². The van der Waals surface area contributed by atoms with Crippen LogP contribution in [0.1, 0.15) is 34.1 Å². The van der Waals surface area contributed by atoms with E-state index >= 15 is 0 Å². The number of hydrogen-bond acceptors (Lipinski definition) is 5. The van der Waals surface area contributed by atoms with Gasteiger partial charge in [0, 0.05) is 24.5 Å². The van der Waals surface area contributed by atoms with Gasteiger partial charge in [0.25, 0.3) is 5.91 Å². The molecule has 1 aromatic heterocycles. The summed E-state index contributed by atoms with van der Waals surface area (Å²) in [5.41, 5.74) is 4.63. The zero-order chi connectivity index (χ0) is 21.3. The van der Waals surface area contributed by atoms with Gasteiger partial charge in [0.05, 0.1) is 18.0 Å². The average molecular weight is 409 g/mol. The number of carbonyl (C=O) groups is 2. The van der Waals surface area contributed by atoms with Crippen LogP contribution in [0.4, 0.5) is 23.2 Å². The van der Waals surface area contributed by atoms with E-state index in [0.717, 1.165) is 23.1 Å². The molecule has 2 aromatic rings. The van der Waals surface area contributed by atoms with Crippen LogP contribution in [0.3, 0.4) is 0 Å². The van der Waals surface area contributed by atoms with Crippen molar-refractivity contribution in [2.24, 2.45) is 10.7 Å². The van der Waals surface area contributed by atoms with E-state index < -0.39 is 29.5 Å². The molecule has 1 unspecified atom stereocenters. The molecule has 0 radical (unpaired) electrons. The van der Waals surface area contributed by atoms with E-state index in [9.17, 15) is 27.2 Å². The van der Waals surface area contributed by atoms with Crippen LogP contribution in [-0.4, -0.2) is 34.7 Å². The van der Waals surface area contributed by atoms with E-state index in [1.807, 2.05) is 0 Å². The fourth-order valence-electron chi connectivity index (χ4n) is 2.67. The molecule has 0 saturated carbocycles. The van der Waals surface area contributed by atoms with Crippen molar-refractivity contribution < 1.29 is 27.2 Å². The summed E-state index contributed by atoms with van der Waals surface area (Å²) in [7, 11) is 1.45. The lowest BCUT2D eigenvalue weighted by atomic mass is 10.0. The zero-order valence-electron chi connectivity index (χ0n) is 15.0. The van der Waals surface area contributed by atoms with E-state index in [-0.39, 0.29) is 35.2 Å². The minimum Gasteiger partial charge on any atom is -0.369 e. The van der Waals surface area contributed by atoms with E-state index in [0.29, 0.717) is 6.20 Å². The maximum absolute atomic E-state index is 14.3. The lowest BCUT2D eigenvalue weighted by molar-refractivity contribution is -0.137. The lowest BCUT2D eigenvalue weighted by Gasteiger charge is -2.26. The van der Waals surface area contributed by atoms with Gasteiger partial charge in [-0.2, -0.15) is 13.2 Å². The standard InChI is InChI=1S/C18H15F4N5O2/c1-27-15(28)7-14(26-17(27)23)11-6-10(3-4-12(11)19)25-16(29)13-5-2-9(8-24-13)18(20,21)22/h2-6,8,14H,7H2,1H3,(H2,23,26)(H,25,29). The van der Waals surface area contributed by atoms with Crippen LogP contribution in [0.25, 0.3) is 0 Å². The van der Waals surface area contributed by atoms with Crippen LogP contribution in [0.5, 0.6) is 0 Å². The second kappa shape index (κ2) is 7.49. The summed E-state index contributed by atoms with van der Waals surface area (Å²) in [4.78, 5) is 32.9. The number of hydrogen-bond donors (Lipinski definition) is 2. The molecule has 1 aromatic carbocycles. The Balaban J connectivity index is 1.81. The summed E-state index contributed by atoms with van der Waals surface area (Å²) < 4.78 is 52.0. The van der Waals surface area contributed by atoms with Crippen LogP contribution in [0.2, 0.25) is 0 Å². The third kappa shape index (κ3) is 4.33. The molecule has 0 spiro atoms. The van der Waals surface area contributed by atoms with Crippen LogP contribution in [0, 0.1) is 5.82 Å². The Hall–Kier alpha value is -3.50. The largest absolute Gasteiger partial charge is 0.417 e. The third-order valence-electron chi connectivity index (χ3n) is 4.31. The average Bonchev–Trinajstić information content (AvgIpc) is 2.66. The van der Waals surface area contributed by atoms with Crippen molar-refractivity contribution in [3.63, 3.8) is 0 Å². The molecule has 3 N–H and O–H groups in total. The van der Waals surface area contributed by atoms with Gasteiger partial charge < -0.3 is 11.1 Å². The van der Waals surface area contributed by atoms with Gasteiger partial charge in [0.1, 0.15) is 11.5 Å². The van der Waals surface area contributed by atoms with Gasteiger partial charge in [-0.15, -0.1) is 0 Å². The Morgan fingerprint density at radius 2 is 2.00 bits per heavy atom. The predicted molar refractivity (Wildman–Crippen MR) is 95.3 cm³/mol. The molecular formula is C18H15F4N5O2. The number of carbonyl (C=O) groups excluding carboxylic acids is 2. The van der Waals surface area contributed by atoms with Crippen molar-refractivity contribution in [2.45, 2.75) is 18.6 Å². The van der Waals surface area contributed by atoms with Gasteiger partial charge >= 0.3 is 6.18 Å². The first-order valence-corrected chi connectivity index (χ1v) is 8.30. The molecule has 152 valence electrons. The highest BCUT2D eigenvalue weighted by atomic mass is 19.4. The maximum Gasteiger partial charge on any atom is 0.417 e. The molecule has 0 fully saturated rings. The van der Waals surface area contributed by atoms with Crippen molar-refractivity contribution in [3.05, 3.63) is 59.2 Å². The molecule has 3 rings (SSSR count). The molecule has 2 amide bonds. The first kappa shape index (κ1) is 20.2. The number of alkyl halides is 3. The summed E-state index contributed by atoms with van der Waals surface area (Å²) in [6.07, 6.45) is -4.12. The van der Waals surface area contributed by atoms with Gasteiger partial charge in [-0.1, -0.05) is 0 Å². The highest BCUT2D eigenvalue weighted by Crippen LogP contribution is 2.30. The molecule has 29 heavy (non-hydrogen) atoms. The molecule has 11 heteroatoms. The number of anilines is 1. The normalized spacial score (nSPS) is 17.1. The molecule has 0 aliphatic carbocycles. The third-order valence-corrected chi connectivity index (χ3v) is 4.31. The number of nitrogens with zero attached hydrogens (tertiary/aromatic N) is 3. The number of aromatic nitrogens is 1. The summed E-state index contributed by atoms with van der Waals surface area (Å²) in [6.45, 7) is 0. The smallest absolute Gasteiger partial charge is 0.369 e. The van der Waals surface area contributed by atoms with E-state index in [4.69, 9.17) is 5.73 Å². The highest BCUT2D eigenvalue weighted by Gasteiger charge is 2.31. The van der Waals surface area contributed by atoms with Crippen LogP contribution in [-0.2, 0) is 11.0 Å². The predicted octanol–water partition coefficient (Wildman–Crippen LogP) is 2.71. The topological polar surface area (TPSA) is 101 Å². The zero-order valence-corrected chi connectivity index (χ0v) is 15.0. The molecule has 1 aliphatic heterocycles. The van der Waals surface area contributed by atoms with E-state index in [1.165, 1.54) is 19.2 Å². The second-order valence-electron chi connectivity index (χ2n) is 6.28. The van der Waals surface area contributed by atoms with Crippen LogP contribution in [0.15, 0.2) is 41.5 Å². The fourth-order valence-corrected chi connectivity index (χ4v) is 2.67. The molecule has 7 nitrogen and oxygen atoms in total. The molecular weight excluding hydrogens is 394 g/mol. The fraction of sp³-hybridized carbons (Fsp3) is 0.222. The summed E-state index contributed by atoms with van der Waals surface area (Å²) in [5, 5.41) is 2.43. The molecule has 1 atom stereocenters. The van der Waals surface area contributed by atoms with Crippen molar-refractivity contribution in [1.82, 2.24) is 9.88 Å². The van der Waals surface area contributed by atoms with Crippen LogP contribution >= 0.6 is 0 Å². The summed E-state index contributed by atoms with van der Waals surface area (Å²) in [5.74, 6) is -1.83. The van der Waals surface area contributed by atoms with Crippen molar-refractivity contribution in [2.75, 3.05) is 12.4 Å². The van der Waals surface area contributed by atoms with Gasteiger partial charge in [0.2, 0.25) is 5.91 Å². The van der Waals surface area contributed by atoms with Gasteiger partial charge in [-0.25, -0.2) is 9.38 Å². The summed E-state index contributed by atoms with van der Waals surface area (Å²) in [6, 6.07) is 4.45. The number of amides is 2. The number of nitrogens with two attached hydrogens (primary N) is 1. The number of halogens is 4. The minimum atomic E-state index is -4.57.